The van der Waals surface area contributed by atoms with Gasteiger partial charge in [-0.2, -0.15) is 0 Å². The highest BCUT2D eigenvalue weighted by Gasteiger charge is 2.31. The van der Waals surface area contributed by atoms with Crippen molar-refractivity contribution in [3.63, 3.8) is 0 Å². The molecule has 0 saturated carbocycles. The highest BCUT2D eigenvalue weighted by molar-refractivity contribution is 5.68. The molecule has 0 radical (unpaired) electrons. The van der Waals surface area contributed by atoms with Crippen LogP contribution >= 0.6 is 0 Å². The number of benzene rings is 1. The topological polar surface area (TPSA) is 67.8 Å². The van der Waals surface area contributed by atoms with Crippen molar-refractivity contribution in [1.82, 2.24) is 5.32 Å². The maximum atomic E-state index is 12.5. The molecule has 148 valence electrons. The number of aliphatic hydroxyl groups is 1. The van der Waals surface area contributed by atoms with Crippen molar-refractivity contribution in [2.45, 2.75) is 78.3 Å². The minimum absolute atomic E-state index is 0.0215. The second kappa shape index (κ2) is 9.26. The molecular weight excluding hydrogens is 330 g/mol. The maximum Gasteiger partial charge on any atom is 0.408 e. The SMILES string of the molecule is [2H]C([2H])([2H])[C@H](CCC)C([2H])([2H])Oc1ccc([C@@H](NC(=O)OC(C)(C)C)C(O)(C([2H])([2H])[2H])C([2H])([2H])[2H])cc1. The molecule has 0 aliphatic carbocycles. The molecule has 2 N–H and O–H groups in total. The van der Waals surface area contributed by atoms with Crippen molar-refractivity contribution in [3.8, 4) is 5.75 Å². The highest BCUT2D eigenvalue weighted by Crippen LogP contribution is 2.28. The van der Waals surface area contributed by atoms with Crippen molar-refractivity contribution in [3.05, 3.63) is 29.8 Å². The number of rotatable bonds is 8. The van der Waals surface area contributed by atoms with Gasteiger partial charge in [0, 0.05) is 12.3 Å². The number of alkyl carbamates (subject to hydrolysis) is 1. The van der Waals surface area contributed by atoms with Gasteiger partial charge in [-0.3, -0.25) is 0 Å². The van der Waals surface area contributed by atoms with E-state index in [4.69, 9.17) is 24.6 Å². The fourth-order valence-corrected chi connectivity index (χ4v) is 2.07. The monoisotopic (exact) mass is 376 g/mol. The number of hydrogen-bond acceptors (Lipinski definition) is 4. The van der Waals surface area contributed by atoms with Gasteiger partial charge in [-0.1, -0.05) is 32.3 Å². The van der Waals surface area contributed by atoms with Gasteiger partial charge < -0.3 is 19.9 Å². The lowest BCUT2D eigenvalue weighted by atomic mass is 9.92. The molecule has 1 amide bonds. The third kappa shape index (κ3) is 8.09. The predicted octanol–water partition coefficient (Wildman–Crippen LogP) is 4.84. The Morgan fingerprint density at radius 3 is 2.46 bits per heavy atom. The number of nitrogens with one attached hydrogen (secondary N) is 1. The molecule has 2 atom stereocenters. The van der Waals surface area contributed by atoms with Crippen LogP contribution in [0.3, 0.4) is 0 Å². The molecule has 0 aliphatic heterocycles. The van der Waals surface area contributed by atoms with Gasteiger partial charge in [0.15, 0.2) is 0 Å². The van der Waals surface area contributed by atoms with Gasteiger partial charge in [0.1, 0.15) is 11.4 Å². The van der Waals surface area contributed by atoms with Crippen LogP contribution in [0.4, 0.5) is 4.79 Å². The van der Waals surface area contributed by atoms with E-state index < -0.39 is 56.4 Å². The van der Waals surface area contributed by atoms with Crippen molar-refractivity contribution < 1.29 is 34.5 Å². The normalized spacial score (nSPS) is 22.7. The van der Waals surface area contributed by atoms with Crippen molar-refractivity contribution in [1.29, 1.82) is 0 Å². The van der Waals surface area contributed by atoms with Crippen LogP contribution in [-0.4, -0.2) is 29.0 Å². The maximum absolute atomic E-state index is 12.5. The van der Waals surface area contributed by atoms with Gasteiger partial charge in [-0.15, -0.1) is 0 Å². The van der Waals surface area contributed by atoms with E-state index in [1.54, 1.807) is 6.92 Å². The summed E-state index contributed by atoms with van der Waals surface area (Å²) in [5, 5.41) is 13.2. The second-order valence-electron chi connectivity index (χ2n) is 6.98. The largest absolute Gasteiger partial charge is 0.493 e. The van der Waals surface area contributed by atoms with Crippen LogP contribution in [0.2, 0.25) is 0 Å². The van der Waals surface area contributed by atoms with Crippen molar-refractivity contribution in [2.24, 2.45) is 5.92 Å². The number of carbonyl (C=O) groups excluding carboxylic acids is 1. The van der Waals surface area contributed by atoms with E-state index in [9.17, 15) is 9.90 Å². The Kier molecular flexibility index (Phi) is 3.76. The van der Waals surface area contributed by atoms with Crippen LogP contribution in [0, 0.1) is 5.92 Å². The Hall–Kier alpha value is -1.75. The molecule has 0 fully saturated rings. The summed E-state index contributed by atoms with van der Waals surface area (Å²) in [4.78, 5) is 12.5. The summed E-state index contributed by atoms with van der Waals surface area (Å²) in [5.74, 6) is -1.58. The second-order valence-corrected chi connectivity index (χ2v) is 6.98. The Balaban J connectivity index is 3.50. The summed E-state index contributed by atoms with van der Waals surface area (Å²) in [6, 6.07) is 2.57. The zero-order valence-electron chi connectivity index (χ0n) is 26.6. The van der Waals surface area contributed by atoms with E-state index in [1.807, 2.05) is 0 Å². The molecule has 0 aromatic heterocycles. The molecule has 26 heavy (non-hydrogen) atoms. The molecule has 1 aromatic rings. The zero-order chi connectivity index (χ0) is 29.3. The zero-order valence-corrected chi connectivity index (χ0v) is 15.6. The van der Waals surface area contributed by atoms with E-state index in [0.717, 1.165) is 24.3 Å². The lowest BCUT2D eigenvalue weighted by molar-refractivity contribution is 0.0163. The summed E-state index contributed by atoms with van der Waals surface area (Å²) in [6.07, 6.45) is -0.763. The van der Waals surface area contributed by atoms with E-state index in [1.165, 1.54) is 20.8 Å². The van der Waals surface area contributed by atoms with E-state index in [0.29, 0.717) is 6.42 Å². The average molecular weight is 377 g/mol. The van der Waals surface area contributed by atoms with Crippen LogP contribution in [0.5, 0.6) is 5.75 Å². The van der Waals surface area contributed by atoms with E-state index >= 15 is 0 Å². The summed E-state index contributed by atoms with van der Waals surface area (Å²) < 4.78 is 96.3. The number of amides is 1. The van der Waals surface area contributed by atoms with Crippen molar-refractivity contribution >= 4 is 6.09 Å². The summed E-state index contributed by atoms with van der Waals surface area (Å²) in [5.41, 5.74) is -4.62. The number of carbonyl (C=O) groups is 1. The molecule has 0 saturated heterocycles. The molecule has 1 rings (SSSR count). The molecule has 0 heterocycles. The molecule has 1 aromatic carbocycles. The molecular formula is C21H35NO4. The quantitative estimate of drug-likeness (QED) is 0.681. The van der Waals surface area contributed by atoms with Crippen LogP contribution in [-0.2, 0) is 4.74 Å². The Bertz CT molecular complexity index is 890. The Morgan fingerprint density at radius 2 is 1.96 bits per heavy atom. The minimum atomic E-state index is -3.49. The lowest BCUT2D eigenvalue weighted by Crippen LogP contribution is -2.44. The van der Waals surface area contributed by atoms with Crippen LogP contribution in [0.1, 0.15) is 87.8 Å². The van der Waals surface area contributed by atoms with Crippen LogP contribution in [0.25, 0.3) is 0 Å². The summed E-state index contributed by atoms with van der Waals surface area (Å²) in [6.45, 7) is -5.91. The van der Waals surface area contributed by atoms with Crippen LogP contribution < -0.4 is 10.1 Å². The Morgan fingerprint density at radius 1 is 1.31 bits per heavy atom. The first-order chi connectivity index (χ1) is 16.4. The molecule has 0 unspecified atom stereocenters. The fourth-order valence-electron chi connectivity index (χ4n) is 2.07. The van der Waals surface area contributed by atoms with Gasteiger partial charge in [-0.05, 0) is 64.5 Å². The smallest absolute Gasteiger partial charge is 0.408 e. The van der Waals surface area contributed by atoms with Gasteiger partial charge in [0.05, 0.1) is 20.9 Å². The summed E-state index contributed by atoms with van der Waals surface area (Å²) >= 11 is 0. The van der Waals surface area contributed by atoms with Gasteiger partial charge in [0.2, 0.25) is 0 Å². The van der Waals surface area contributed by atoms with E-state index in [-0.39, 0.29) is 17.7 Å². The van der Waals surface area contributed by atoms with Crippen LogP contribution in [0.15, 0.2) is 24.3 Å². The van der Waals surface area contributed by atoms with E-state index in [2.05, 4.69) is 5.32 Å². The molecule has 5 heteroatoms. The number of hydrogen-bond donors (Lipinski definition) is 2. The lowest BCUT2D eigenvalue weighted by Gasteiger charge is -2.31. The summed E-state index contributed by atoms with van der Waals surface area (Å²) in [7, 11) is 0. The molecule has 0 aliphatic rings. The highest BCUT2D eigenvalue weighted by atomic mass is 16.6. The third-order valence-electron chi connectivity index (χ3n) is 3.19. The predicted molar refractivity (Wildman–Crippen MR) is 104 cm³/mol. The van der Waals surface area contributed by atoms with Gasteiger partial charge in [0.25, 0.3) is 0 Å². The molecule has 0 spiro atoms. The van der Waals surface area contributed by atoms with Gasteiger partial charge >= 0.3 is 6.09 Å². The first kappa shape index (κ1) is 10.5. The fraction of sp³-hybridized carbons (Fsp3) is 0.667. The molecule has 5 nitrogen and oxygen atoms in total. The molecule has 0 bridgehead atoms. The first-order valence-corrected chi connectivity index (χ1v) is 8.37. The first-order valence-electron chi connectivity index (χ1n) is 13.9. The minimum Gasteiger partial charge on any atom is -0.493 e. The average Bonchev–Trinajstić information content (AvgIpc) is 2.66. The standard InChI is InChI=1S/C21H35NO4/c1-8-9-15(2)14-25-17-12-10-16(11-13-17)18(21(6,7)24)22-19(23)26-20(3,4)5/h10-13,15,18,24H,8-9,14H2,1-7H3,(H,22,23)/t15-,18-/m1/s1/i2D3,6D3,7D3,14D2. The van der Waals surface area contributed by atoms with Crippen molar-refractivity contribution in [2.75, 3.05) is 6.56 Å². The third-order valence-corrected chi connectivity index (χ3v) is 3.19. The van der Waals surface area contributed by atoms with Gasteiger partial charge in [-0.25, -0.2) is 4.79 Å². The Labute approximate surface area is 173 Å². The number of ether oxygens (including phenoxy) is 2.